The van der Waals surface area contributed by atoms with Crippen molar-refractivity contribution in [2.24, 2.45) is 0 Å². The fourth-order valence-electron chi connectivity index (χ4n) is 4.07. The Labute approximate surface area is 163 Å². The van der Waals surface area contributed by atoms with Gasteiger partial charge in [-0.25, -0.2) is 0 Å². The van der Waals surface area contributed by atoms with Crippen molar-refractivity contribution in [3.8, 4) is 11.8 Å². The van der Waals surface area contributed by atoms with E-state index in [1.807, 2.05) is 25.1 Å². The van der Waals surface area contributed by atoms with Crippen LogP contribution < -0.4 is 0 Å². The first-order chi connectivity index (χ1) is 12.2. The molecule has 0 aromatic heterocycles. The molecule has 142 valence electrons. The van der Waals surface area contributed by atoms with Gasteiger partial charge in [-0.2, -0.15) is 0 Å². The number of piperidine rings is 1. The van der Waals surface area contributed by atoms with E-state index in [1.165, 1.54) is 19.3 Å². The molecular formula is C22H30ClNO2. The summed E-state index contributed by atoms with van der Waals surface area (Å²) in [6, 6.07) is 10.1. The maximum absolute atomic E-state index is 12.9. The molecule has 3 rings (SSSR count). The number of hydrogen-bond acceptors (Lipinski definition) is 3. The second-order valence-electron chi connectivity index (χ2n) is 7.36. The van der Waals surface area contributed by atoms with Gasteiger partial charge in [0.05, 0.1) is 12.0 Å². The molecular weight excluding hydrogens is 346 g/mol. The van der Waals surface area contributed by atoms with Crippen LogP contribution in [0.4, 0.5) is 0 Å². The van der Waals surface area contributed by atoms with Crippen LogP contribution in [0.15, 0.2) is 30.3 Å². The highest BCUT2D eigenvalue weighted by molar-refractivity contribution is 5.85. The molecule has 1 atom stereocenters. The molecule has 2 fully saturated rings. The number of halogens is 1. The molecule has 0 N–H and O–H groups in total. The molecule has 26 heavy (non-hydrogen) atoms. The molecule has 0 bridgehead atoms. The molecule has 1 aliphatic heterocycles. The smallest absolute Gasteiger partial charge is 0.317 e. The summed E-state index contributed by atoms with van der Waals surface area (Å²) in [6.45, 7) is 4.94. The summed E-state index contributed by atoms with van der Waals surface area (Å²) in [6.07, 6.45) is 7.45. The van der Waals surface area contributed by atoms with E-state index in [9.17, 15) is 4.79 Å². The van der Waals surface area contributed by atoms with Crippen molar-refractivity contribution in [1.29, 1.82) is 0 Å². The van der Waals surface area contributed by atoms with Gasteiger partial charge < -0.3 is 4.74 Å². The summed E-state index contributed by atoms with van der Waals surface area (Å²) in [5.41, 5.74) is 0.621. The van der Waals surface area contributed by atoms with E-state index in [0.29, 0.717) is 0 Å². The van der Waals surface area contributed by atoms with Crippen LogP contribution in [-0.4, -0.2) is 36.6 Å². The third-order valence-electron chi connectivity index (χ3n) is 5.51. The highest BCUT2D eigenvalue weighted by Crippen LogP contribution is 2.42. The van der Waals surface area contributed by atoms with Crippen LogP contribution in [0.5, 0.6) is 0 Å². The van der Waals surface area contributed by atoms with Gasteiger partial charge in [0.15, 0.2) is 6.10 Å². The first kappa shape index (κ1) is 20.8. The molecule has 1 heterocycles. The fourth-order valence-corrected chi connectivity index (χ4v) is 4.07. The summed E-state index contributed by atoms with van der Waals surface area (Å²) < 4.78 is 5.75. The highest BCUT2D eigenvalue weighted by Gasteiger charge is 2.44. The number of nitrogens with zero attached hydrogens (tertiary/aromatic N) is 1. The van der Waals surface area contributed by atoms with Gasteiger partial charge >= 0.3 is 5.97 Å². The molecule has 1 aliphatic carbocycles. The van der Waals surface area contributed by atoms with Crippen LogP contribution in [0, 0.1) is 11.8 Å². The minimum atomic E-state index is -0.468. The lowest BCUT2D eigenvalue weighted by atomic mass is 9.79. The first-order valence-electron chi connectivity index (χ1n) is 9.68. The molecule has 2 aliphatic rings. The molecule has 1 aromatic carbocycles. The average molecular weight is 376 g/mol. The Balaban J connectivity index is 0.00000243. The molecule has 0 spiro atoms. The number of carbonyl (C=O) groups is 1. The zero-order chi connectivity index (χ0) is 17.5. The number of hydrogen-bond donors (Lipinski definition) is 0. The van der Waals surface area contributed by atoms with Gasteiger partial charge in [-0.1, -0.05) is 61.4 Å². The molecule has 1 saturated heterocycles. The van der Waals surface area contributed by atoms with E-state index in [1.54, 1.807) is 0 Å². The first-order valence-corrected chi connectivity index (χ1v) is 9.68. The summed E-state index contributed by atoms with van der Waals surface area (Å²) in [5, 5.41) is 0. The molecule has 1 unspecified atom stereocenters. The van der Waals surface area contributed by atoms with Gasteiger partial charge in [-0.15, -0.1) is 12.4 Å². The van der Waals surface area contributed by atoms with Crippen LogP contribution in [0.2, 0.25) is 0 Å². The van der Waals surface area contributed by atoms with E-state index in [0.717, 1.165) is 50.9 Å². The third-order valence-corrected chi connectivity index (χ3v) is 5.51. The summed E-state index contributed by atoms with van der Waals surface area (Å²) in [5.74, 6) is 6.22. The maximum Gasteiger partial charge on any atom is 0.317 e. The second-order valence-corrected chi connectivity index (χ2v) is 7.36. The maximum atomic E-state index is 12.9. The number of esters is 1. The summed E-state index contributed by atoms with van der Waals surface area (Å²) in [7, 11) is 0. The topological polar surface area (TPSA) is 29.5 Å². The standard InChI is InChI=1S/C22H29NO2.ClH/c1-19(11-10-18-23-16-8-3-9-17-23)25-21(24)22(14-6-7-15-22)20-12-4-2-5-13-20;/h2,4-5,12-13,19H,3,6-9,14-18H2,1H3;1H. The Kier molecular flexibility index (Phi) is 8.00. The number of benzene rings is 1. The minimum Gasteiger partial charge on any atom is -0.449 e. The van der Waals surface area contributed by atoms with Gasteiger partial charge in [-0.05, 0) is 51.3 Å². The number of rotatable bonds is 4. The summed E-state index contributed by atoms with van der Waals surface area (Å²) >= 11 is 0. The third kappa shape index (κ3) is 5.02. The van der Waals surface area contributed by atoms with Crippen molar-refractivity contribution >= 4 is 18.4 Å². The molecule has 0 radical (unpaired) electrons. The molecule has 1 aromatic rings. The second kappa shape index (κ2) is 10.00. The summed E-state index contributed by atoms with van der Waals surface area (Å²) in [4.78, 5) is 15.3. The monoisotopic (exact) mass is 375 g/mol. The van der Waals surface area contributed by atoms with Gasteiger partial charge in [-0.3, -0.25) is 9.69 Å². The highest BCUT2D eigenvalue weighted by atomic mass is 35.5. The largest absolute Gasteiger partial charge is 0.449 e. The van der Waals surface area contributed by atoms with E-state index in [2.05, 4.69) is 28.9 Å². The normalized spacial score (nSPS) is 20.3. The van der Waals surface area contributed by atoms with E-state index in [4.69, 9.17) is 4.74 Å². The van der Waals surface area contributed by atoms with Gasteiger partial charge in [0.25, 0.3) is 0 Å². The lowest BCUT2D eigenvalue weighted by molar-refractivity contribution is -0.152. The van der Waals surface area contributed by atoms with Crippen LogP contribution in [0.1, 0.15) is 57.4 Å². The predicted molar refractivity (Wildman–Crippen MR) is 107 cm³/mol. The number of carbonyl (C=O) groups excluding carboxylic acids is 1. The Morgan fingerprint density at radius 1 is 1.12 bits per heavy atom. The molecule has 0 amide bonds. The lowest BCUT2D eigenvalue weighted by Gasteiger charge is -2.28. The van der Waals surface area contributed by atoms with E-state index < -0.39 is 5.41 Å². The fraction of sp³-hybridized carbons (Fsp3) is 0.591. The predicted octanol–water partition coefficient (Wildman–Crippen LogP) is 4.34. The number of likely N-dealkylation sites (tertiary alicyclic amines) is 1. The van der Waals surface area contributed by atoms with Crippen molar-refractivity contribution in [2.45, 2.75) is 63.4 Å². The van der Waals surface area contributed by atoms with Crippen molar-refractivity contribution in [1.82, 2.24) is 4.90 Å². The van der Waals surface area contributed by atoms with E-state index in [-0.39, 0.29) is 24.5 Å². The SMILES string of the molecule is CC(C#CCN1CCCCC1)OC(=O)C1(c2ccccc2)CCCC1.Cl. The molecule has 3 nitrogen and oxygen atoms in total. The Hall–Kier alpha value is -1.50. The molecule has 4 heteroatoms. The van der Waals surface area contributed by atoms with Crippen molar-refractivity contribution in [3.05, 3.63) is 35.9 Å². The Morgan fingerprint density at radius 2 is 1.77 bits per heavy atom. The van der Waals surface area contributed by atoms with E-state index >= 15 is 0 Å². The van der Waals surface area contributed by atoms with Gasteiger partial charge in [0.2, 0.25) is 0 Å². The van der Waals surface area contributed by atoms with Crippen LogP contribution >= 0.6 is 12.4 Å². The zero-order valence-corrected chi connectivity index (χ0v) is 16.5. The van der Waals surface area contributed by atoms with Crippen molar-refractivity contribution in [2.75, 3.05) is 19.6 Å². The van der Waals surface area contributed by atoms with Crippen LogP contribution in [0.3, 0.4) is 0 Å². The van der Waals surface area contributed by atoms with Crippen LogP contribution in [0.25, 0.3) is 0 Å². The van der Waals surface area contributed by atoms with Crippen molar-refractivity contribution < 1.29 is 9.53 Å². The zero-order valence-electron chi connectivity index (χ0n) is 15.7. The lowest BCUT2D eigenvalue weighted by Crippen LogP contribution is -2.36. The quantitative estimate of drug-likeness (QED) is 0.579. The number of ether oxygens (including phenoxy) is 1. The molecule has 1 saturated carbocycles. The minimum absolute atomic E-state index is 0. The van der Waals surface area contributed by atoms with Crippen LogP contribution in [-0.2, 0) is 14.9 Å². The Bertz CT molecular complexity index is 623. The Morgan fingerprint density at radius 3 is 2.42 bits per heavy atom. The van der Waals surface area contributed by atoms with Crippen molar-refractivity contribution in [3.63, 3.8) is 0 Å². The van der Waals surface area contributed by atoms with Gasteiger partial charge in [0, 0.05) is 0 Å². The average Bonchev–Trinajstić information content (AvgIpc) is 3.14. The van der Waals surface area contributed by atoms with Gasteiger partial charge in [0.1, 0.15) is 0 Å².